The standard InChI is InChI=1S/C16H24N2O2/c1-11-5-6-15(18(19)20)14(8-11)17-13-7-12(2)9-16(3,4)10-13/h5-6,8,12-13,17H,7,9-10H2,1-4H3. The fraction of sp³-hybridized carbons (Fsp3) is 0.625. The van der Waals surface area contributed by atoms with Crippen molar-refractivity contribution in [3.63, 3.8) is 0 Å². The predicted octanol–water partition coefficient (Wildman–Crippen LogP) is 4.53. The van der Waals surface area contributed by atoms with Crippen molar-refractivity contribution in [3.8, 4) is 0 Å². The minimum atomic E-state index is -0.306. The quantitative estimate of drug-likeness (QED) is 0.652. The van der Waals surface area contributed by atoms with Gasteiger partial charge >= 0.3 is 0 Å². The average Bonchev–Trinajstić information content (AvgIpc) is 2.25. The fourth-order valence-electron chi connectivity index (χ4n) is 3.60. The van der Waals surface area contributed by atoms with Crippen LogP contribution in [-0.4, -0.2) is 11.0 Å². The monoisotopic (exact) mass is 276 g/mol. The molecule has 2 unspecified atom stereocenters. The maximum absolute atomic E-state index is 11.1. The zero-order chi connectivity index (χ0) is 14.9. The van der Waals surface area contributed by atoms with Crippen LogP contribution in [0.4, 0.5) is 11.4 Å². The van der Waals surface area contributed by atoms with Crippen LogP contribution in [0.2, 0.25) is 0 Å². The molecular formula is C16H24N2O2. The second kappa shape index (κ2) is 5.43. The number of aryl methyl sites for hydroxylation is 1. The third-order valence-corrected chi connectivity index (χ3v) is 4.10. The molecule has 1 N–H and O–H groups in total. The molecule has 1 aromatic rings. The molecule has 0 aliphatic heterocycles. The summed E-state index contributed by atoms with van der Waals surface area (Å²) in [5.41, 5.74) is 2.17. The van der Waals surface area contributed by atoms with Gasteiger partial charge in [-0.05, 0) is 49.1 Å². The Bertz CT molecular complexity index is 511. The molecular weight excluding hydrogens is 252 g/mol. The SMILES string of the molecule is Cc1ccc([N+](=O)[O-])c(NC2CC(C)CC(C)(C)C2)c1. The molecule has 1 aromatic carbocycles. The normalized spacial score (nSPS) is 25.2. The molecule has 1 saturated carbocycles. The van der Waals surface area contributed by atoms with Gasteiger partial charge in [-0.1, -0.05) is 26.8 Å². The van der Waals surface area contributed by atoms with Gasteiger partial charge in [0.15, 0.2) is 0 Å². The first kappa shape index (κ1) is 14.8. The summed E-state index contributed by atoms with van der Waals surface area (Å²) in [6, 6.07) is 5.57. The van der Waals surface area contributed by atoms with E-state index in [0.717, 1.165) is 18.4 Å². The van der Waals surface area contributed by atoms with Gasteiger partial charge in [0.25, 0.3) is 5.69 Å². The second-order valence-corrected chi connectivity index (χ2v) is 7.03. The lowest BCUT2D eigenvalue weighted by atomic mass is 9.70. The van der Waals surface area contributed by atoms with Crippen LogP contribution >= 0.6 is 0 Å². The molecule has 2 rings (SSSR count). The first-order chi connectivity index (χ1) is 9.27. The molecule has 0 bridgehead atoms. The van der Waals surface area contributed by atoms with Gasteiger partial charge in [-0.2, -0.15) is 0 Å². The highest BCUT2D eigenvalue weighted by atomic mass is 16.6. The fourth-order valence-corrected chi connectivity index (χ4v) is 3.60. The summed E-state index contributed by atoms with van der Waals surface area (Å²) in [7, 11) is 0. The van der Waals surface area contributed by atoms with Gasteiger partial charge in [0, 0.05) is 12.1 Å². The Balaban J connectivity index is 2.21. The van der Waals surface area contributed by atoms with E-state index >= 15 is 0 Å². The van der Waals surface area contributed by atoms with Gasteiger partial charge in [-0.3, -0.25) is 10.1 Å². The maximum atomic E-state index is 11.1. The summed E-state index contributed by atoms with van der Waals surface area (Å²) in [5.74, 6) is 0.653. The van der Waals surface area contributed by atoms with Crippen LogP contribution in [0, 0.1) is 28.4 Å². The van der Waals surface area contributed by atoms with Crippen molar-refractivity contribution < 1.29 is 4.92 Å². The summed E-state index contributed by atoms with van der Waals surface area (Å²) in [5, 5.41) is 14.5. The first-order valence-electron chi connectivity index (χ1n) is 7.28. The van der Waals surface area contributed by atoms with Crippen LogP contribution in [0.5, 0.6) is 0 Å². The maximum Gasteiger partial charge on any atom is 0.292 e. The van der Waals surface area contributed by atoms with Gasteiger partial charge in [0.1, 0.15) is 5.69 Å². The van der Waals surface area contributed by atoms with Gasteiger partial charge in [0.05, 0.1) is 4.92 Å². The van der Waals surface area contributed by atoms with Crippen molar-refractivity contribution >= 4 is 11.4 Å². The van der Waals surface area contributed by atoms with Crippen LogP contribution in [0.15, 0.2) is 18.2 Å². The molecule has 1 fully saturated rings. The van der Waals surface area contributed by atoms with E-state index in [-0.39, 0.29) is 10.6 Å². The van der Waals surface area contributed by atoms with Crippen LogP contribution in [-0.2, 0) is 0 Å². The molecule has 0 aromatic heterocycles. The van der Waals surface area contributed by atoms with Gasteiger partial charge in [-0.25, -0.2) is 0 Å². The minimum Gasteiger partial charge on any atom is -0.377 e. The zero-order valence-corrected chi connectivity index (χ0v) is 12.8. The molecule has 4 nitrogen and oxygen atoms in total. The van der Waals surface area contributed by atoms with E-state index in [9.17, 15) is 10.1 Å². The van der Waals surface area contributed by atoms with Crippen LogP contribution in [0.25, 0.3) is 0 Å². The summed E-state index contributed by atoms with van der Waals surface area (Å²) < 4.78 is 0. The van der Waals surface area contributed by atoms with Crippen molar-refractivity contribution in [1.82, 2.24) is 0 Å². The smallest absolute Gasteiger partial charge is 0.292 e. The van der Waals surface area contributed by atoms with Gasteiger partial charge in [-0.15, -0.1) is 0 Å². The number of hydrogen-bond donors (Lipinski definition) is 1. The highest BCUT2D eigenvalue weighted by Crippen LogP contribution is 2.40. The molecule has 20 heavy (non-hydrogen) atoms. The highest BCUT2D eigenvalue weighted by Gasteiger charge is 2.32. The predicted molar refractivity (Wildman–Crippen MR) is 82.0 cm³/mol. The van der Waals surface area contributed by atoms with Crippen LogP contribution < -0.4 is 5.32 Å². The van der Waals surface area contributed by atoms with Crippen molar-refractivity contribution in [1.29, 1.82) is 0 Å². The molecule has 2 atom stereocenters. The number of nitro benzene ring substituents is 1. The number of nitrogens with one attached hydrogen (secondary N) is 1. The molecule has 1 aliphatic carbocycles. The average molecular weight is 276 g/mol. The first-order valence-corrected chi connectivity index (χ1v) is 7.28. The van der Waals surface area contributed by atoms with E-state index in [4.69, 9.17) is 0 Å². The summed E-state index contributed by atoms with van der Waals surface area (Å²) in [6.45, 7) is 8.78. The molecule has 0 amide bonds. The third-order valence-electron chi connectivity index (χ3n) is 4.10. The van der Waals surface area contributed by atoms with Crippen molar-refractivity contribution in [3.05, 3.63) is 33.9 Å². The van der Waals surface area contributed by atoms with Crippen molar-refractivity contribution in [2.75, 3.05) is 5.32 Å². The van der Waals surface area contributed by atoms with Crippen molar-refractivity contribution in [2.45, 2.75) is 53.0 Å². The van der Waals surface area contributed by atoms with E-state index < -0.39 is 0 Å². The van der Waals surface area contributed by atoms with E-state index in [0.29, 0.717) is 23.1 Å². The number of nitro groups is 1. The lowest BCUT2D eigenvalue weighted by Gasteiger charge is -2.39. The number of rotatable bonds is 3. The van der Waals surface area contributed by atoms with Gasteiger partial charge in [0.2, 0.25) is 0 Å². The lowest BCUT2D eigenvalue weighted by molar-refractivity contribution is -0.384. The summed E-state index contributed by atoms with van der Waals surface area (Å²) in [6.07, 6.45) is 3.36. The molecule has 0 spiro atoms. The van der Waals surface area contributed by atoms with E-state index in [1.165, 1.54) is 6.42 Å². The topological polar surface area (TPSA) is 55.2 Å². The Morgan fingerprint density at radius 2 is 2.05 bits per heavy atom. The van der Waals surface area contributed by atoms with Crippen LogP contribution in [0.3, 0.4) is 0 Å². The van der Waals surface area contributed by atoms with E-state index in [1.807, 2.05) is 13.0 Å². The van der Waals surface area contributed by atoms with Crippen molar-refractivity contribution in [2.24, 2.45) is 11.3 Å². The minimum absolute atomic E-state index is 0.173. The molecule has 0 saturated heterocycles. The van der Waals surface area contributed by atoms with Gasteiger partial charge < -0.3 is 5.32 Å². The number of anilines is 1. The Hall–Kier alpha value is -1.58. The van der Waals surface area contributed by atoms with E-state index in [1.54, 1.807) is 12.1 Å². The number of nitrogens with zero attached hydrogens (tertiary/aromatic N) is 1. The van der Waals surface area contributed by atoms with Crippen LogP contribution in [0.1, 0.15) is 45.6 Å². The third kappa shape index (κ3) is 3.50. The number of hydrogen-bond acceptors (Lipinski definition) is 3. The molecule has 0 radical (unpaired) electrons. The Morgan fingerprint density at radius 1 is 1.35 bits per heavy atom. The zero-order valence-electron chi connectivity index (χ0n) is 12.8. The second-order valence-electron chi connectivity index (χ2n) is 7.03. The highest BCUT2D eigenvalue weighted by molar-refractivity contribution is 5.63. The molecule has 110 valence electrons. The largest absolute Gasteiger partial charge is 0.377 e. The Kier molecular flexibility index (Phi) is 4.02. The summed E-state index contributed by atoms with van der Waals surface area (Å²) >= 11 is 0. The lowest BCUT2D eigenvalue weighted by Crippen LogP contribution is -2.35. The summed E-state index contributed by atoms with van der Waals surface area (Å²) in [4.78, 5) is 10.8. The number of benzene rings is 1. The molecule has 1 aliphatic rings. The van der Waals surface area contributed by atoms with E-state index in [2.05, 4.69) is 26.1 Å². The Morgan fingerprint density at radius 3 is 2.65 bits per heavy atom. The molecule has 0 heterocycles. The molecule has 4 heteroatoms. The Labute approximate surface area is 120 Å².